The maximum Gasteiger partial charge on any atom is 0.0594 e. The van der Waals surface area contributed by atoms with Gasteiger partial charge in [0.15, 0.2) is 0 Å². The van der Waals surface area contributed by atoms with E-state index >= 15 is 0 Å². The van der Waals surface area contributed by atoms with Gasteiger partial charge in [0, 0.05) is 12.4 Å². The molecule has 3 heteroatoms. The fraction of sp³-hybridized carbons (Fsp3) is 0.571. The lowest BCUT2D eigenvalue weighted by atomic mass is 9.94. The van der Waals surface area contributed by atoms with Crippen LogP contribution < -0.4 is 5.32 Å². The molecule has 0 aliphatic rings. The monoisotopic (exact) mass is 255 g/mol. The largest absolute Gasteiger partial charge is 0.377 e. The molecule has 0 fully saturated rings. The number of hydrogen-bond acceptors (Lipinski definition) is 2. The number of ether oxygens (including phenoxy) is 1. The summed E-state index contributed by atoms with van der Waals surface area (Å²) in [5.41, 5.74) is 1.02. The second kappa shape index (κ2) is 7.00. The van der Waals surface area contributed by atoms with Gasteiger partial charge in [0.2, 0.25) is 0 Å². The first-order valence-electron chi connectivity index (χ1n) is 6.06. The van der Waals surface area contributed by atoms with E-state index in [9.17, 15) is 0 Å². The highest BCUT2D eigenvalue weighted by Gasteiger charge is 2.24. The molecule has 2 nitrogen and oxygen atoms in total. The lowest BCUT2D eigenvalue weighted by molar-refractivity contribution is 0.0770. The SMILES string of the molecule is CC(C)OCCNC(C)(CCl)c1ccccc1. The maximum absolute atomic E-state index is 6.08. The van der Waals surface area contributed by atoms with E-state index in [1.165, 1.54) is 5.56 Å². The van der Waals surface area contributed by atoms with Crippen molar-refractivity contribution in [2.24, 2.45) is 0 Å². The second-order valence-electron chi connectivity index (χ2n) is 4.68. The van der Waals surface area contributed by atoms with E-state index in [0.717, 1.165) is 6.54 Å². The summed E-state index contributed by atoms with van der Waals surface area (Å²) in [5.74, 6) is 0.540. The summed E-state index contributed by atoms with van der Waals surface area (Å²) in [7, 11) is 0. The fourth-order valence-electron chi connectivity index (χ4n) is 1.65. The Labute approximate surface area is 109 Å². The van der Waals surface area contributed by atoms with Crippen molar-refractivity contribution in [1.29, 1.82) is 0 Å². The topological polar surface area (TPSA) is 21.3 Å². The zero-order chi connectivity index (χ0) is 12.7. The molecular formula is C14H22ClNO. The van der Waals surface area contributed by atoms with Gasteiger partial charge in [-0.2, -0.15) is 0 Å². The van der Waals surface area contributed by atoms with Crippen LogP contribution in [0.5, 0.6) is 0 Å². The van der Waals surface area contributed by atoms with E-state index in [1.54, 1.807) is 0 Å². The van der Waals surface area contributed by atoms with Gasteiger partial charge in [-0.25, -0.2) is 0 Å². The number of benzene rings is 1. The number of alkyl halides is 1. The van der Waals surface area contributed by atoms with Gasteiger partial charge in [0.1, 0.15) is 0 Å². The van der Waals surface area contributed by atoms with E-state index < -0.39 is 0 Å². The smallest absolute Gasteiger partial charge is 0.0594 e. The van der Waals surface area contributed by atoms with E-state index in [-0.39, 0.29) is 11.6 Å². The van der Waals surface area contributed by atoms with Crippen molar-refractivity contribution in [1.82, 2.24) is 5.32 Å². The van der Waals surface area contributed by atoms with Crippen molar-refractivity contribution in [2.45, 2.75) is 32.4 Å². The molecule has 0 bridgehead atoms. The van der Waals surface area contributed by atoms with E-state index in [0.29, 0.717) is 12.5 Å². The van der Waals surface area contributed by atoms with Crippen LogP contribution in [0.25, 0.3) is 0 Å². The molecule has 0 aromatic heterocycles. The molecule has 1 rings (SSSR count). The summed E-state index contributed by atoms with van der Waals surface area (Å²) in [6, 6.07) is 10.3. The Bertz CT molecular complexity index is 315. The van der Waals surface area contributed by atoms with E-state index in [1.807, 2.05) is 32.0 Å². The number of rotatable bonds is 7. The second-order valence-corrected chi connectivity index (χ2v) is 4.95. The summed E-state index contributed by atoms with van der Waals surface area (Å²) in [4.78, 5) is 0. The van der Waals surface area contributed by atoms with Crippen molar-refractivity contribution in [3.63, 3.8) is 0 Å². The van der Waals surface area contributed by atoms with Crippen LogP contribution in [-0.4, -0.2) is 25.1 Å². The van der Waals surface area contributed by atoms with Crippen LogP contribution in [0.1, 0.15) is 26.3 Å². The Morgan fingerprint density at radius 1 is 1.29 bits per heavy atom. The predicted octanol–water partition coefficient (Wildman–Crippen LogP) is 3.16. The van der Waals surface area contributed by atoms with Crippen molar-refractivity contribution < 1.29 is 4.74 Å². The molecular weight excluding hydrogens is 234 g/mol. The quantitative estimate of drug-likeness (QED) is 0.597. The third-order valence-electron chi connectivity index (χ3n) is 2.75. The Kier molecular flexibility index (Phi) is 5.96. The molecule has 17 heavy (non-hydrogen) atoms. The van der Waals surface area contributed by atoms with Gasteiger partial charge < -0.3 is 10.1 Å². The number of halogens is 1. The van der Waals surface area contributed by atoms with Crippen LogP contribution in [0.15, 0.2) is 30.3 Å². The molecule has 1 aromatic rings. The minimum absolute atomic E-state index is 0.191. The molecule has 0 amide bonds. The van der Waals surface area contributed by atoms with Crippen LogP contribution in [-0.2, 0) is 10.3 Å². The molecule has 0 aliphatic carbocycles. The van der Waals surface area contributed by atoms with Crippen LogP contribution in [0, 0.1) is 0 Å². The Morgan fingerprint density at radius 3 is 2.47 bits per heavy atom. The van der Waals surface area contributed by atoms with E-state index in [4.69, 9.17) is 16.3 Å². The molecule has 0 saturated heterocycles. The molecule has 0 aliphatic heterocycles. The van der Waals surface area contributed by atoms with Crippen molar-refractivity contribution in [3.05, 3.63) is 35.9 Å². The van der Waals surface area contributed by atoms with Crippen LogP contribution >= 0.6 is 11.6 Å². The highest BCUT2D eigenvalue weighted by molar-refractivity contribution is 6.18. The molecule has 96 valence electrons. The predicted molar refractivity (Wildman–Crippen MR) is 73.6 cm³/mol. The first kappa shape index (κ1) is 14.5. The highest BCUT2D eigenvalue weighted by atomic mass is 35.5. The van der Waals surface area contributed by atoms with Gasteiger partial charge in [0.25, 0.3) is 0 Å². The van der Waals surface area contributed by atoms with Crippen molar-refractivity contribution >= 4 is 11.6 Å². The molecule has 0 heterocycles. The summed E-state index contributed by atoms with van der Waals surface area (Å²) in [6.45, 7) is 7.70. The third-order valence-corrected chi connectivity index (χ3v) is 3.28. The Hall–Kier alpha value is -0.570. The van der Waals surface area contributed by atoms with E-state index in [2.05, 4.69) is 24.4 Å². The zero-order valence-electron chi connectivity index (χ0n) is 10.9. The average Bonchev–Trinajstić information content (AvgIpc) is 2.35. The average molecular weight is 256 g/mol. The molecule has 0 saturated carbocycles. The highest BCUT2D eigenvalue weighted by Crippen LogP contribution is 2.21. The van der Waals surface area contributed by atoms with Gasteiger partial charge in [-0.15, -0.1) is 11.6 Å². The first-order chi connectivity index (χ1) is 8.08. The molecule has 1 aromatic carbocycles. The Morgan fingerprint density at radius 2 is 1.94 bits per heavy atom. The standard InChI is InChI=1S/C14H22ClNO/c1-12(2)17-10-9-16-14(3,11-15)13-7-5-4-6-8-13/h4-8,12,16H,9-11H2,1-3H3. The summed E-state index contributed by atoms with van der Waals surface area (Å²) in [5, 5.41) is 3.46. The van der Waals surface area contributed by atoms with Gasteiger partial charge in [-0.3, -0.25) is 0 Å². The summed E-state index contributed by atoms with van der Waals surface area (Å²) >= 11 is 6.08. The normalized spacial score (nSPS) is 14.9. The molecule has 1 N–H and O–H groups in total. The van der Waals surface area contributed by atoms with Gasteiger partial charge >= 0.3 is 0 Å². The molecule has 0 spiro atoms. The van der Waals surface area contributed by atoms with Crippen LogP contribution in [0.3, 0.4) is 0 Å². The van der Waals surface area contributed by atoms with Crippen LogP contribution in [0.4, 0.5) is 0 Å². The maximum atomic E-state index is 6.08. The van der Waals surface area contributed by atoms with Crippen molar-refractivity contribution in [3.8, 4) is 0 Å². The minimum Gasteiger partial charge on any atom is -0.377 e. The number of nitrogens with one attached hydrogen (secondary N) is 1. The zero-order valence-corrected chi connectivity index (χ0v) is 11.6. The third kappa shape index (κ3) is 4.66. The van der Waals surface area contributed by atoms with Gasteiger partial charge in [-0.1, -0.05) is 30.3 Å². The fourth-order valence-corrected chi connectivity index (χ4v) is 1.90. The Balaban J connectivity index is 2.52. The molecule has 1 unspecified atom stereocenters. The molecule has 1 atom stereocenters. The summed E-state index contributed by atoms with van der Waals surface area (Å²) in [6.07, 6.45) is 0.274. The lowest BCUT2D eigenvalue weighted by Crippen LogP contribution is -2.43. The van der Waals surface area contributed by atoms with Gasteiger partial charge in [0.05, 0.1) is 18.2 Å². The summed E-state index contributed by atoms with van der Waals surface area (Å²) < 4.78 is 5.51. The minimum atomic E-state index is -0.191. The number of hydrogen-bond donors (Lipinski definition) is 1. The molecule has 0 radical (unpaired) electrons. The lowest BCUT2D eigenvalue weighted by Gasteiger charge is -2.29. The first-order valence-corrected chi connectivity index (χ1v) is 6.60. The van der Waals surface area contributed by atoms with Crippen molar-refractivity contribution in [2.75, 3.05) is 19.0 Å². The van der Waals surface area contributed by atoms with Gasteiger partial charge in [-0.05, 0) is 26.3 Å². The van der Waals surface area contributed by atoms with Crippen LogP contribution in [0.2, 0.25) is 0 Å².